The summed E-state index contributed by atoms with van der Waals surface area (Å²) in [6.07, 6.45) is 4.85. The van der Waals surface area contributed by atoms with E-state index in [9.17, 15) is 9.90 Å². The van der Waals surface area contributed by atoms with E-state index in [2.05, 4.69) is 22.5 Å². The van der Waals surface area contributed by atoms with E-state index >= 15 is 0 Å². The average Bonchev–Trinajstić information content (AvgIpc) is 2.60. The van der Waals surface area contributed by atoms with Crippen molar-refractivity contribution < 1.29 is 19.4 Å². The second kappa shape index (κ2) is 9.08. The topological polar surface area (TPSA) is 55.8 Å². The van der Waals surface area contributed by atoms with Crippen LogP contribution in [0.4, 0.5) is 0 Å². The molecule has 0 unspecified atom stereocenters. The first-order valence-electron chi connectivity index (χ1n) is 7.76. The van der Waals surface area contributed by atoms with Crippen LogP contribution in [-0.2, 0) is 0 Å². The Morgan fingerprint density at radius 1 is 1.24 bits per heavy atom. The van der Waals surface area contributed by atoms with Crippen molar-refractivity contribution in [1.29, 1.82) is 0 Å². The lowest BCUT2D eigenvalue weighted by Crippen LogP contribution is -2.00. The smallest absolute Gasteiger partial charge is 0.185 e. The van der Waals surface area contributed by atoms with Gasteiger partial charge in [0.15, 0.2) is 17.3 Å². The van der Waals surface area contributed by atoms with Crippen molar-refractivity contribution in [3.63, 3.8) is 0 Å². The molecule has 0 fully saturated rings. The molecule has 0 bridgehead atoms. The number of ether oxygens (including phenoxy) is 2. The molecule has 0 aliphatic rings. The highest BCUT2D eigenvalue weighted by molar-refractivity contribution is 9.10. The number of rotatable bonds is 8. The van der Waals surface area contributed by atoms with Crippen molar-refractivity contribution in [2.24, 2.45) is 0 Å². The van der Waals surface area contributed by atoms with Gasteiger partial charge in [-0.05, 0) is 70.9 Å². The minimum absolute atomic E-state index is 0.126. The number of carbonyl (C=O) groups is 1. The summed E-state index contributed by atoms with van der Waals surface area (Å²) in [5.74, 6) is 1.17. The second-order valence-electron chi connectivity index (χ2n) is 5.11. The van der Waals surface area contributed by atoms with Crippen LogP contribution in [0.5, 0.6) is 17.2 Å². The summed E-state index contributed by atoms with van der Waals surface area (Å²) in [5.41, 5.74) is 1.30. The lowest BCUT2D eigenvalue weighted by atomic mass is 10.1. The largest absolute Gasteiger partial charge is 0.508 e. The number of halogens is 1. The lowest BCUT2D eigenvalue weighted by Gasteiger charge is -2.13. The van der Waals surface area contributed by atoms with Gasteiger partial charge in [0, 0.05) is 5.56 Å². The maximum absolute atomic E-state index is 12.2. The summed E-state index contributed by atoms with van der Waals surface area (Å²) >= 11 is 3.47. The number of carbonyl (C=O) groups excluding carboxylic acids is 1. The fourth-order valence-corrected chi connectivity index (χ4v) is 2.70. The third-order valence-electron chi connectivity index (χ3n) is 3.26. The molecule has 0 heterocycles. The van der Waals surface area contributed by atoms with Gasteiger partial charge in [0.25, 0.3) is 0 Å². The molecule has 2 rings (SSSR count). The zero-order valence-electron chi connectivity index (χ0n) is 13.9. The second-order valence-corrected chi connectivity index (χ2v) is 5.96. The number of aromatic hydroxyl groups is 1. The minimum atomic E-state index is -0.152. The van der Waals surface area contributed by atoms with E-state index in [1.165, 1.54) is 18.2 Å². The highest BCUT2D eigenvalue weighted by atomic mass is 79.9. The number of phenols is 1. The number of hydrogen-bond donors (Lipinski definition) is 1. The van der Waals surface area contributed by atoms with E-state index in [1.807, 2.05) is 19.1 Å². The third-order valence-corrected chi connectivity index (χ3v) is 3.85. The Morgan fingerprint density at radius 2 is 1.96 bits per heavy atom. The van der Waals surface area contributed by atoms with E-state index in [0.717, 1.165) is 10.0 Å². The highest BCUT2D eigenvalue weighted by Crippen LogP contribution is 2.37. The lowest BCUT2D eigenvalue weighted by molar-refractivity contribution is 0.104. The molecule has 5 heteroatoms. The summed E-state index contributed by atoms with van der Waals surface area (Å²) in [4.78, 5) is 12.2. The number of benzene rings is 2. The van der Waals surface area contributed by atoms with Crippen LogP contribution >= 0.6 is 15.9 Å². The first kappa shape index (κ1) is 18.8. The Labute approximate surface area is 155 Å². The standard InChI is InChI=1S/C20H19BrO4/c1-3-11-25-20-17(21)12-14(13-19(20)24-4-2)5-10-18(23)15-6-8-16(22)9-7-15/h3,5-10,12-13,22H,1,4,11H2,2H3/b10-5+. The van der Waals surface area contributed by atoms with Crippen molar-refractivity contribution in [3.05, 3.63) is 70.7 Å². The number of allylic oxidation sites excluding steroid dienone is 1. The maximum atomic E-state index is 12.2. The molecule has 0 amide bonds. The molecule has 1 N–H and O–H groups in total. The Bertz CT molecular complexity index is 779. The van der Waals surface area contributed by atoms with E-state index in [4.69, 9.17) is 9.47 Å². The first-order valence-corrected chi connectivity index (χ1v) is 8.56. The monoisotopic (exact) mass is 402 g/mol. The van der Waals surface area contributed by atoms with Crippen LogP contribution in [0.2, 0.25) is 0 Å². The number of ketones is 1. The molecule has 4 nitrogen and oxygen atoms in total. The molecule has 0 saturated heterocycles. The minimum Gasteiger partial charge on any atom is -0.508 e. The van der Waals surface area contributed by atoms with Crippen molar-refractivity contribution in [1.82, 2.24) is 0 Å². The maximum Gasteiger partial charge on any atom is 0.185 e. The van der Waals surface area contributed by atoms with E-state index in [1.54, 1.807) is 24.3 Å². The van der Waals surface area contributed by atoms with Gasteiger partial charge in [-0.3, -0.25) is 4.79 Å². The molecule has 0 spiro atoms. The first-order chi connectivity index (χ1) is 12.0. The summed E-state index contributed by atoms with van der Waals surface area (Å²) in [7, 11) is 0. The highest BCUT2D eigenvalue weighted by Gasteiger charge is 2.11. The van der Waals surface area contributed by atoms with Crippen LogP contribution in [0.15, 0.2) is 59.6 Å². The molecule has 0 radical (unpaired) electrons. The molecular formula is C20H19BrO4. The Kier molecular flexibility index (Phi) is 6.83. The normalized spacial score (nSPS) is 10.6. The molecule has 0 atom stereocenters. The van der Waals surface area contributed by atoms with Crippen LogP contribution in [0.25, 0.3) is 6.08 Å². The summed E-state index contributed by atoms with van der Waals surface area (Å²) in [6.45, 7) is 6.39. The molecular weight excluding hydrogens is 384 g/mol. The quantitative estimate of drug-likeness (QED) is 0.382. The van der Waals surface area contributed by atoms with Crippen LogP contribution in [0.1, 0.15) is 22.8 Å². The van der Waals surface area contributed by atoms with Gasteiger partial charge in [0.2, 0.25) is 0 Å². The van der Waals surface area contributed by atoms with Gasteiger partial charge in [-0.15, -0.1) is 0 Å². The third kappa shape index (κ3) is 5.22. The molecule has 2 aromatic carbocycles. The molecule has 0 aliphatic heterocycles. The van der Waals surface area contributed by atoms with Crippen LogP contribution < -0.4 is 9.47 Å². The zero-order chi connectivity index (χ0) is 18.2. The van der Waals surface area contributed by atoms with Crippen LogP contribution in [-0.4, -0.2) is 24.1 Å². The molecule has 130 valence electrons. The summed E-state index contributed by atoms with van der Waals surface area (Å²) in [5, 5.41) is 9.28. The van der Waals surface area contributed by atoms with Crippen molar-refractivity contribution >= 4 is 27.8 Å². The number of phenolic OH excluding ortho intramolecular Hbond substituents is 1. The SMILES string of the molecule is C=CCOc1c(Br)cc(/C=C/C(=O)c2ccc(O)cc2)cc1OCC. The average molecular weight is 403 g/mol. The van der Waals surface area contributed by atoms with Crippen molar-refractivity contribution in [3.8, 4) is 17.2 Å². The van der Waals surface area contributed by atoms with Gasteiger partial charge >= 0.3 is 0 Å². The molecule has 0 aliphatic carbocycles. The predicted octanol–water partition coefficient (Wildman–Crippen LogP) is 5.01. The summed E-state index contributed by atoms with van der Waals surface area (Å²) in [6, 6.07) is 9.79. The van der Waals surface area contributed by atoms with Gasteiger partial charge in [0.05, 0.1) is 11.1 Å². The molecule has 2 aromatic rings. The van der Waals surface area contributed by atoms with Crippen molar-refractivity contribution in [2.45, 2.75) is 6.92 Å². The van der Waals surface area contributed by atoms with Gasteiger partial charge < -0.3 is 14.6 Å². The van der Waals surface area contributed by atoms with Gasteiger partial charge in [0.1, 0.15) is 12.4 Å². The molecule has 25 heavy (non-hydrogen) atoms. The Morgan fingerprint density at radius 3 is 2.60 bits per heavy atom. The summed E-state index contributed by atoms with van der Waals surface area (Å²) < 4.78 is 12.0. The molecule has 0 aromatic heterocycles. The zero-order valence-corrected chi connectivity index (χ0v) is 15.5. The molecule has 0 saturated carbocycles. The fraction of sp³-hybridized carbons (Fsp3) is 0.150. The van der Waals surface area contributed by atoms with Gasteiger partial charge in [-0.25, -0.2) is 0 Å². The Balaban J connectivity index is 2.24. The number of hydrogen-bond acceptors (Lipinski definition) is 4. The van der Waals surface area contributed by atoms with Crippen LogP contribution in [0, 0.1) is 0 Å². The van der Waals surface area contributed by atoms with E-state index in [0.29, 0.717) is 30.3 Å². The Hall–Kier alpha value is -2.53. The van der Waals surface area contributed by atoms with E-state index in [-0.39, 0.29) is 11.5 Å². The fourth-order valence-electron chi connectivity index (χ4n) is 2.12. The van der Waals surface area contributed by atoms with Crippen LogP contribution in [0.3, 0.4) is 0 Å². The van der Waals surface area contributed by atoms with E-state index < -0.39 is 0 Å². The van der Waals surface area contributed by atoms with Gasteiger partial charge in [-0.2, -0.15) is 0 Å². The van der Waals surface area contributed by atoms with Crippen molar-refractivity contribution in [2.75, 3.05) is 13.2 Å². The predicted molar refractivity (Wildman–Crippen MR) is 102 cm³/mol. The van der Waals surface area contributed by atoms with Gasteiger partial charge in [-0.1, -0.05) is 18.7 Å².